The normalized spacial score (nSPS) is 15.7. The number of nitrogens with one attached hydrogen (secondary N) is 2. The summed E-state index contributed by atoms with van der Waals surface area (Å²) in [4.78, 5) is 6.65. The molecule has 0 atom stereocenters. The van der Waals surface area contributed by atoms with Crippen molar-refractivity contribution >= 4 is 29.9 Å². The van der Waals surface area contributed by atoms with Crippen LogP contribution < -0.4 is 10.6 Å². The fraction of sp³-hybridized carbons (Fsp3) is 0.650. The zero-order chi connectivity index (χ0) is 18.3. The first kappa shape index (κ1) is 23.1. The molecule has 2 N–H and O–H groups in total. The maximum Gasteiger partial charge on any atom is 0.191 e. The molecule has 1 aromatic carbocycles. The minimum Gasteiger partial charge on any atom is -0.356 e. The second kappa shape index (κ2) is 11.1. The van der Waals surface area contributed by atoms with Gasteiger partial charge in [0.25, 0.3) is 0 Å². The Kier molecular flexibility index (Phi) is 9.85. The molecule has 26 heavy (non-hydrogen) atoms. The smallest absolute Gasteiger partial charge is 0.191 e. The van der Waals surface area contributed by atoms with Crippen molar-refractivity contribution in [3.8, 4) is 0 Å². The van der Waals surface area contributed by atoms with Gasteiger partial charge >= 0.3 is 0 Å². The Bertz CT molecular complexity index is 573. The van der Waals surface area contributed by atoms with E-state index in [1.165, 1.54) is 0 Å². The molecule has 0 spiro atoms. The number of unbranched alkanes of at least 4 members (excludes halogenated alkanes) is 1. The van der Waals surface area contributed by atoms with E-state index in [-0.39, 0.29) is 35.2 Å². The number of aliphatic imine (C=N–C) groups is 1. The van der Waals surface area contributed by atoms with Crippen LogP contribution in [-0.4, -0.2) is 50.6 Å². The molecule has 0 unspecified atom stereocenters. The van der Waals surface area contributed by atoms with Crippen LogP contribution in [0.25, 0.3) is 0 Å². The Morgan fingerprint density at radius 1 is 1.23 bits per heavy atom. The highest BCUT2D eigenvalue weighted by atomic mass is 127. The lowest BCUT2D eigenvalue weighted by Gasteiger charge is -2.21. The summed E-state index contributed by atoms with van der Waals surface area (Å²) >= 11 is 0. The summed E-state index contributed by atoms with van der Waals surface area (Å²) in [5.74, 6) is 0.707. The van der Waals surface area contributed by atoms with Crippen LogP contribution in [-0.2, 0) is 5.41 Å². The minimum absolute atomic E-state index is 0. The van der Waals surface area contributed by atoms with Crippen molar-refractivity contribution in [3.05, 3.63) is 35.6 Å². The van der Waals surface area contributed by atoms with Gasteiger partial charge in [0.05, 0.1) is 0 Å². The Hall–Kier alpha value is -0.890. The van der Waals surface area contributed by atoms with Crippen molar-refractivity contribution < 1.29 is 4.39 Å². The molecule has 1 aliphatic carbocycles. The van der Waals surface area contributed by atoms with Crippen molar-refractivity contribution in [2.45, 2.75) is 51.0 Å². The summed E-state index contributed by atoms with van der Waals surface area (Å²) in [6.45, 7) is 7.17. The lowest BCUT2D eigenvalue weighted by molar-refractivity contribution is 0.268. The van der Waals surface area contributed by atoms with Gasteiger partial charge in [-0.2, -0.15) is 0 Å². The summed E-state index contributed by atoms with van der Waals surface area (Å²) in [6.07, 6.45) is 4.33. The number of rotatable bonds is 9. The van der Waals surface area contributed by atoms with E-state index in [4.69, 9.17) is 0 Å². The Balaban J connectivity index is 0.00000338. The zero-order valence-corrected chi connectivity index (χ0v) is 18.8. The Morgan fingerprint density at radius 2 is 1.92 bits per heavy atom. The first-order valence-corrected chi connectivity index (χ1v) is 9.38. The molecule has 0 aromatic heterocycles. The van der Waals surface area contributed by atoms with Crippen molar-refractivity contribution in [2.24, 2.45) is 4.99 Å². The van der Waals surface area contributed by atoms with Gasteiger partial charge in [0.2, 0.25) is 0 Å². The Labute approximate surface area is 175 Å². The fourth-order valence-corrected chi connectivity index (χ4v) is 3.01. The van der Waals surface area contributed by atoms with Crippen LogP contribution in [0.5, 0.6) is 0 Å². The van der Waals surface area contributed by atoms with Crippen molar-refractivity contribution in [1.82, 2.24) is 15.5 Å². The van der Waals surface area contributed by atoms with E-state index in [9.17, 15) is 4.39 Å². The molecular formula is C20H34FIN4. The monoisotopic (exact) mass is 476 g/mol. The van der Waals surface area contributed by atoms with E-state index in [0.29, 0.717) is 6.04 Å². The summed E-state index contributed by atoms with van der Waals surface area (Å²) in [5, 5.41) is 6.74. The Morgan fingerprint density at radius 3 is 2.50 bits per heavy atom. The first-order chi connectivity index (χ1) is 12.0. The average molecular weight is 476 g/mol. The molecule has 0 bridgehead atoms. The predicted molar refractivity (Wildman–Crippen MR) is 119 cm³/mol. The third-order valence-corrected chi connectivity index (χ3v) is 5.23. The number of guanidine groups is 1. The SMILES string of the molecule is CN=C(NCCCCN(C)C(C)C)NCC1(c2ccccc2F)CC1.I. The molecular weight excluding hydrogens is 442 g/mol. The molecule has 0 amide bonds. The lowest BCUT2D eigenvalue weighted by atomic mass is 9.95. The van der Waals surface area contributed by atoms with Crippen LogP contribution in [0.3, 0.4) is 0 Å². The van der Waals surface area contributed by atoms with Crippen molar-refractivity contribution in [1.29, 1.82) is 0 Å². The van der Waals surface area contributed by atoms with Gasteiger partial charge in [-0.3, -0.25) is 4.99 Å². The van der Waals surface area contributed by atoms with Gasteiger partial charge in [0, 0.05) is 31.6 Å². The molecule has 0 aliphatic heterocycles. The van der Waals surface area contributed by atoms with Crippen molar-refractivity contribution in [3.63, 3.8) is 0 Å². The quantitative estimate of drug-likeness (QED) is 0.247. The summed E-state index contributed by atoms with van der Waals surface area (Å²) in [6, 6.07) is 7.72. The lowest BCUT2D eigenvalue weighted by Crippen LogP contribution is -2.41. The van der Waals surface area contributed by atoms with Gasteiger partial charge in [-0.15, -0.1) is 24.0 Å². The van der Waals surface area contributed by atoms with E-state index >= 15 is 0 Å². The number of benzene rings is 1. The van der Waals surface area contributed by atoms with Gasteiger partial charge < -0.3 is 15.5 Å². The van der Waals surface area contributed by atoms with Crippen LogP contribution in [0.1, 0.15) is 45.1 Å². The molecule has 4 nitrogen and oxygen atoms in total. The predicted octanol–water partition coefficient (Wildman–Crippen LogP) is 3.76. The van der Waals surface area contributed by atoms with Crippen molar-refractivity contribution in [2.75, 3.05) is 33.7 Å². The highest BCUT2D eigenvalue weighted by Crippen LogP contribution is 2.48. The molecule has 0 heterocycles. The average Bonchev–Trinajstić information content (AvgIpc) is 3.38. The number of hydrogen-bond donors (Lipinski definition) is 2. The summed E-state index contributed by atoms with van der Waals surface area (Å²) in [7, 11) is 3.95. The molecule has 0 radical (unpaired) electrons. The van der Waals surface area contributed by atoms with Gasteiger partial charge in [-0.1, -0.05) is 18.2 Å². The van der Waals surface area contributed by atoms with Gasteiger partial charge in [0.15, 0.2) is 5.96 Å². The van der Waals surface area contributed by atoms with Crippen LogP contribution in [0.4, 0.5) is 4.39 Å². The molecule has 2 rings (SSSR count). The minimum atomic E-state index is -0.0981. The van der Waals surface area contributed by atoms with Gasteiger partial charge in [-0.25, -0.2) is 4.39 Å². The number of hydrogen-bond acceptors (Lipinski definition) is 2. The molecule has 1 aromatic rings. The number of halogens is 2. The van der Waals surface area contributed by atoms with Crippen LogP contribution in [0, 0.1) is 5.82 Å². The highest BCUT2D eigenvalue weighted by Gasteiger charge is 2.45. The first-order valence-electron chi connectivity index (χ1n) is 9.38. The summed E-state index contributed by atoms with van der Waals surface area (Å²) in [5.41, 5.74) is 0.762. The molecule has 0 saturated heterocycles. The topological polar surface area (TPSA) is 39.7 Å². The largest absolute Gasteiger partial charge is 0.356 e. The molecule has 148 valence electrons. The fourth-order valence-electron chi connectivity index (χ4n) is 3.01. The maximum atomic E-state index is 14.1. The molecule has 1 fully saturated rings. The second-order valence-electron chi connectivity index (χ2n) is 7.39. The molecule has 1 aliphatic rings. The van der Waals surface area contributed by atoms with E-state index in [1.54, 1.807) is 19.2 Å². The second-order valence-corrected chi connectivity index (χ2v) is 7.39. The van der Waals surface area contributed by atoms with Crippen LogP contribution >= 0.6 is 24.0 Å². The van der Waals surface area contributed by atoms with Gasteiger partial charge in [0.1, 0.15) is 5.82 Å². The van der Waals surface area contributed by atoms with E-state index < -0.39 is 0 Å². The van der Waals surface area contributed by atoms with Crippen LogP contribution in [0.15, 0.2) is 29.3 Å². The van der Waals surface area contributed by atoms with Crippen LogP contribution in [0.2, 0.25) is 0 Å². The van der Waals surface area contributed by atoms with E-state index in [1.807, 2.05) is 12.1 Å². The standard InChI is InChI=1S/C20H33FN4.HI/c1-16(2)25(4)14-8-7-13-23-19(22-3)24-15-20(11-12-20)17-9-5-6-10-18(17)21;/h5-6,9-10,16H,7-8,11-15H2,1-4H3,(H2,22,23,24);1H. The van der Waals surface area contributed by atoms with E-state index in [0.717, 1.165) is 56.8 Å². The highest BCUT2D eigenvalue weighted by molar-refractivity contribution is 14.0. The summed E-state index contributed by atoms with van der Waals surface area (Å²) < 4.78 is 14.1. The number of nitrogens with zero attached hydrogens (tertiary/aromatic N) is 2. The molecule has 6 heteroatoms. The zero-order valence-electron chi connectivity index (χ0n) is 16.5. The third kappa shape index (κ3) is 6.68. The molecule has 1 saturated carbocycles. The van der Waals surface area contributed by atoms with Gasteiger partial charge in [-0.05, 0) is 64.8 Å². The van der Waals surface area contributed by atoms with E-state index in [2.05, 4.69) is 41.4 Å². The maximum absolute atomic E-state index is 14.1. The third-order valence-electron chi connectivity index (χ3n) is 5.23.